The Hall–Kier alpha value is -2.59. The predicted octanol–water partition coefficient (Wildman–Crippen LogP) is 0.364. The highest BCUT2D eigenvalue weighted by Gasteiger charge is 2.16. The van der Waals surface area contributed by atoms with E-state index in [1.54, 1.807) is 18.2 Å². The van der Waals surface area contributed by atoms with Crippen LogP contribution >= 0.6 is 0 Å². The van der Waals surface area contributed by atoms with Crippen LogP contribution in [-0.2, 0) is 10.0 Å². The van der Waals surface area contributed by atoms with E-state index in [1.807, 2.05) is 24.9 Å². The number of benzene rings is 1. The van der Waals surface area contributed by atoms with Gasteiger partial charge in [-0.05, 0) is 47.2 Å². The molecule has 9 nitrogen and oxygen atoms in total. The lowest BCUT2D eigenvalue weighted by molar-refractivity contribution is 0.597. The van der Waals surface area contributed by atoms with Gasteiger partial charge in [-0.15, -0.1) is 14.8 Å². The second-order valence-corrected chi connectivity index (χ2v) is 6.68. The second kappa shape index (κ2) is 5.56. The fourth-order valence-corrected chi connectivity index (χ4v) is 2.70. The van der Waals surface area contributed by atoms with Crippen LogP contribution in [0.2, 0.25) is 0 Å². The summed E-state index contributed by atoms with van der Waals surface area (Å²) in [5, 5.41) is 20.6. The Labute approximate surface area is 132 Å². The van der Waals surface area contributed by atoms with Crippen molar-refractivity contribution >= 4 is 21.5 Å². The van der Waals surface area contributed by atoms with Gasteiger partial charge >= 0.3 is 0 Å². The van der Waals surface area contributed by atoms with E-state index in [4.69, 9.17) is 5.14 Å². The third-order valence-electron chi connectivity index (χ3n) is 3.69. The molecule has 0 bridgehead atoms. The van der Waals surface area contributed by atoms with Gasteiger partial charge in [0.25, 0.3) is 0 Å². The molecule has 2 aromatic heterocycles. The van der Waals surface area contributed by atoms with Gasteiger partial charge in [-0.2, -0.15) is 0 Å². The van der Waals surface area contributed by atoms with E-state index in [0.717, 1.165) is 5.56 Å². The van der Waals surface area contributed by atoms with Gasteiger partial charge in [0, 0.05) is 7.05 Å². The lowest BCUT2D eigenvalue weighted by atomic mass is 10.1. The molecule has 1 aromatic carbocycles. The van der Waals surface area contributed by atoms with Crippen LogP contribution in [-0.4, -0.2) is 40.7 Å². The van der Waals surface area contributed by atoms with Crippen LogP contribution in [0, 0.1) is 0 Å². The first-order valence-corrected chi connectivity index (χ1v) is 8.32. The van der Waals surface area contributed by atoms with E-state index in [9.17, 15) is 8.42 Å². The molecule has 0 saturated carbocycles. The van der Waals surface area contributed by atoms with Gasteiger partial charge in [0.1, 0.15) is 0 Å². The second-order valence-electron chi connectivity index (χ2n) is 5.12. The summed E-state index contributed by atoms with van der Waals surface area (Å²) in [4.78, 5) is 2.02. The van der Waals surface area contributed by atoms with Crippen LogP contribution in [0.5, 0.6) is 0 Å². The summed E-state index contributed by atoms with van der Waals surface area (Å²) in [6.07, 6.45) is 0. The summed E-state index contributed by atoms with van der Waals surface area (Å²) >= 11 is 0. The van der Waals surface area contributed by atoms with Gasteiger partial charge in [-0.1, -0.05) is 12.1 Å². The minimum absolute atomic E-state index is 0.0361. The van der Waals surface area contributed by atoms with E-state index in [0.29, 0.717) is 11.5 Å². The number of aromatic nitrogens is 5. The Balaban J connectivity index is 1.87. The third kappa shape index (κ3) is 2.98. The molecule has 2 heterocycles. The van der Waals surface area contributed by atoms with Crippen molar-refractivity contribution in [1.29, 1.82) is 0 Å². The smallest absolute Gasteiger partial charge is 0.238 e. The van der Waals surface area contributed by atoms with Crippen LogP contribution in [0.25, 0.3) is 5.65 Å². The van der Waals surface area contributed by atoms with E-state index < -0.39 is 10.0 Å². The number of anilines is 1. The van der Waals surface area contributed by atoms with E-state index in [-0.39, 0.29) is 10.9 Å². The number of tetrazole rings is 1. The standard InChI is InChI=1S/C13H15N7O2S/c1-9(10-3-5-11(6-4-10)23(14,21)22)19(2)13-8-7-12-15-17-18-20(12)16-13/h3-9H,1-2H3,(H2,14,21,22)/t9-/m0/s1. The first kappa shape index (κ1) is 15.3. The average molecular weight is 333 g/mol. The highest BCUT2D eigenvalue weighted by Crippen LogP contribution is 2.24. The molecule has 0 saturated heterocycles. The van der Waals surface area contributed by atoms with E-state index in [2.05, 4.69) is 20.6 Å². The number of hydrogen-bond donors (Lipinski definition) is 1. The molecule has 3 rings (SSSR count). The zero-order chi connectivity index (χ0) is 16.6. The van der Waals surface area contributed by atoms with Crippen LogP contribution in [0.3, 0.4) is 0 Å². The molecule has 0 unspecified atom stereocenters. The zero-order valence-electron chi connectivity index (χ0n) is 12.5. The monoisotopic (exact) mass is 333 g/mol. The van der Waals surface area contributed by atoms with E-state index in [1.165, 1.54) is 16.8 Å². The number of rotatable bonds is 4. The fourth-order valence-electron chi connectivity index (χ4n) is 2.19. The summed E-state index contributed by atoms with van der Waals surface area (Å²) in [6, 6.07) is 10.0. The molecule has 0 radical (unpaired) electrons. The quantitative estimate of drug-likeness (QED) is 0.732. The molecule has 0 spiro atoms. The first-order chi connectivity index (χ1) is 10.9. The normalized spacial score (nSPS) is 13.2. The van der Waals surface area contributed by atoms with Gasteiger partial charge < -0.3 is 4.90 Å². The molecule has 2 N–H and O–H groups in total. The Morgan fingerprint density at radius 2 is 1.87 bits per heavy atom. The van der Waals surface area contributed by atoms with Crippen molar-refractivity contribution in [2.75, 3.05) is 11.9 Å². The Morgan fingerprint density at radius 3 is 2.52 bits per heavy atom. The lowest BCUT2D eigenvalue weighted by Crippen LogP contribution is -2.23. The van der Waals surface area contributed by atoms with Crippen LogP contribution in [0.1, 0.15) is 18.5 Å². The maximum absolute atomic E-state index is 11.3. The van der Waals surface area contributed by atoms with Gasteiger partial charge in [0.15, 0.2) is 11.5 Å². The number of fused-ring (bicyclic) bond motifs is 1. The lowest BCUT2D eigenvalue weighted by Gasteiger charge is -2.26. The molecule has 10 heteroatoms. The van der Waals surface area contributed by atoms with Gasteiger partial charge in [0.2, 0.25) is 10.0 Å². The molecule has 1 atom stereocenters. The van der Waals surface area contributed by atoms with E-state index >= 15 is 0 Å². The molecule has 0 amide bonds. The Kier molecular flexibility index (Phi) is 3.70. The van der Waals surface area contributed by atoms with Crippen LogP contribution in [0.4, 0.5) is 5.82 Å². The zero-order valence-corrected chi connectivity index (χ0v) is 13.3. The highest BCUT2D eigenvalue weighted by molar-refractivity contribution is 7.89. The van der Waals surface area contributed by atoms with Gasteiger partial charge in [0.05, 0.1) is 10.9 Å². The van der Waals surface area contributed by atoms with Gasteiger partial charge in [-0.3, -0.25) is 0 Å². The maximum Gasteiger partial charge on any atom is 0.238 e. The minimum atomic E-state index is -3.69. The molecule has 0 aliphatic heterocycles. The summed E-state index contributed by atoms with van der Waals surface area (Å²) in [6.45, 7) is 1.98. The summed E-state index contributed by atoms with van der Waals surface area (Å²) in [7, 11) is -1.80. The number of nitrogens with two attached hydrogens (primary N) is 1. The largest absolute Gasteiger partial charge is 0.351 e. The summed E-state index contributed by atoms with van der Waals surface area (Å²) in [5.74, 6) is 0.688. The molecule has 3 aromatic rings. The number of primary sulfonamides is 1. The van der Waals surface area contributed by atoms with Crippen molar-refractivity contribution in [3.05, 3.63) is 42.0 Å². The van der Waals surface area contributed by atoms with Crippen molar-refractivity contribution in [3.8, 4) is 0 Å². The van der Waals surface area contributed by atoms with Gasteiger partial charge in [-0.25, -0.2) is 13.6 Å². The van der Waals surface area contributed by atoms with Crippen molar-refractivity contribution in [2.24, 2.45) is 5.14 Å². The fraction of sp³-hybridized carbons (Fsp3) is 0.231. The number of hydrogen-bond acceptors (Lipinski definition) is 7. The Morgan fingerprint density at radius 1 is 1.17 bits per heavy atom. The van der Waals surface area contributed by atoms with Crippen LogP contribution in [0.15, 0.2) is 41.3 Å². The summed E-state index contributed by atoms with van der Waals surface area (Å²) in [5.41, 5.74) is 1.49. The average Bonchev–Trinajstić information content (AvgIpc) is 3.00. The maximum atomic E-state index is 11.3. The predicted molar refractivity (Wildman–Crippen MR) is 83.2 cm³/mol. The van der Waals surface area contributed by atoms with Crippen molar-refractivity contribution in [2.45, 2.75) is 17.9 Å². The van der Waals surface area contributed by atoms with Crippen molar-refractivity contribution < 1.29 is 8.42 Å². The minimum Gasteiger partial charge on any atom is -0.351 e. The molecule has 0 fully saturated rings. The van der Waals surface area contributed by atoms with Crippen molar-refractivity contribution in [1.82, 2.24) is 25.3 Å². The number of nitrogens with zero attached hydrogens (tertiary/aromatic N) is 6. The third-order valence-corrected chi connectivity index (χ3v) is 4.62. The molecular weight excluding hydrogens is 318 g/mol. The number of sulfonamides is 1. The first-order valence-electron chi connectivity index (χ1n) is 6.77. The summed E-state index contributed by atoms with van der Waals surface area (Å²) < 4.78 is 24.0. The topological polar surface area (TPSA) is 119 Å². The van der Waals surface area contributed by atoms with Crippen LogP contribution < -0.4 is 10.0 Å². The molecule has 23 heavy (non-hydrogen) atoms. The van der Waals surface area contributed by atoms with Crippen molar-refractivity contribution in [3.63, 3.8) is 0 Å². The molecule has 120 valence electrons. The molecular formula is C13H15N7O2S. The Bertz CT molecular complexity index is 936. The molecule has 0 aliphatic rings. The SMILES string of the molecule is C[C@@H](c1ccc(S(N)(=O)=O)cc1)N(C)c1ccc2nnnn2n1. The highest BCUT2D eigenvalue weighted by atomic mass is 32.2. The molecule has 0 aliphatic carbocycles.